The molecule has 4 nitrogen and oxygen atoms in total. The summed E-state index contributed by atoms with van der Waals surface area (Å²) in [4.78, 5) is 15.7. The third kappa shape index (κ3) is 5.39. The number of amides is 1. The number of thioether (sulfide) groups is 1. The molecule has 3 rings (SSSR count). The van der Waals surface area contributed by atoms with Gasteiger partial charge in [0.05, 0.1) is 24.6 Å². The van der Waals surface area contributed by atoms with Gasteiger partial charge in [0.15, 0.2) is 0 Å². The smallest absolute Gasteiger partial charge is 0.225 e. The highest BCUT2D eigenvalue weighted by Crippen LogP contribution is 2.30. The van der Waals surface area contributed by atoms with Gasteiger partial charge < -0.3 is 15.0 Å². The van der Waals surface area contributed by atoms with Gasteiger partial charge in [-0.3, -0.25) is 4.79 Å². The van der Waals surface area contributed by atoms with Crippen molar-refractivity contribution < 1.29 is 9.53 Å². The van der Waals surface area contributed by atoms with Gasteiger partial charge in [-0.2, -0.15) is 0 Å². The van der Waals surface area contributed by atoms with Crippen molar-refractivity contribution in [1.29, 1.82) is 0 Å². The van der Waals surface area contributed by atoms with Crippen molar-refractivity contribution in [2.24, 2.45) is 0 Å². The Balaban J connectivity index is 1.59. The fraction of sp³-hybridized carbons (Fsp3) is 0.316. The molecule has 0 aliphatic carbocycles. The van der Waals surface area contributed by atoms with Gasteiger partial charge in [0.2, 0.25) is 5.91 Å². The molecule has 0 aromatic heterocycles. The molecule has 1 fully saturated rings. The van der Waals surface area contributed by atoms with Crippen LogP contribution in [-0.4, -0.2) is 38.0 Å². The number of benzene rings is 2. The third-order valence-corrected chi connectivity index (χ3v) is 5.17. The van der Waals surface area contributed by atoms with Gasteiger partial charge in [-0.1, -0.05) is 29.8 Å². The molecule has 2 aromatic rings. The second-order valence-corrected chi connectivity index (χ2v) is 7.33. The highest BCUT2D eigenvalue weighted by Gasteiger charge is 2.16. The number of halogens is 1. The van der Waals surface area contributed by atoms with E-state index in [0.29, 0.717) is 24.7 Å². The quantitative estimate of drug-likeness (QED) is 0.763. The number of carbonyl (C=O) groups is 1. The van der Waals surface area contributed by atoms with Crippen molar-refractivity contribution in [1.82, 2.24) is 0 Å². The maximum Gasteiger partial charge on any atom is 0.225 e. The number of hydrogen-bond donors (Lipinski definition) is 1. The number of morpholine rings is 1. The zero-order chi connectivity index (χ0) is 17.5. The molecule has 132 valence electrons. The van der Waals surface area contributed by atoms with Crippen LogP contribution in [0.2, 0.25) is 5.02 Å². The first kappa shape index (κ1) is 18.1. The van der Waals surface area contributed by atoms with Crippen molar-refractivity contribution in [2.45, 2.75) is 11.3 Å². The van der Waals surface area contributed by atoms with Crippen LogP contribution in [0.5, 0.6) is 0 Å². The van der Waals surface area contributed by atoms with E-state index in [1.807, 2.05) is 36.4 Å². The first-order chi connectivity index (χ1) is 12.2. The lowest BCUT2D eigenvalue weighted by Gasteiger charge is -2.30. The van der Waals surface area contributed by atoms with Gasteiger partial charge in [0, 0.05) is 35.2 Å². The van der Waals surface area contributed by atoms with Gasteiger partial charge in [-0.05, 0) is 30.3 Å². The zero-order valence-corrected chi connectivity index (χ0v) is 15.5. The lowest BCUT2D eigenvalue weighted by Crippen LogP contribution is -2.36. The van der Waals surface area contributed by atoms with E-state index in [1.54, 1.807) is 11.8 Å². The number of carbonyl (C=O) groups excluding carboxylic acids is 1. The van der Waals surface area contributed by atoms with Crippen molar-refractivity contribution in [3.8, 4) is 0 Å². The standard InChI is InChI=1S/C19H21ClN2O2S/c20-15-6-7-18(22-9-11-24-12-10-22)17(14-15)21-19(23)8-13-25-16-4-2-1-3-5-16/h1-7,14H,8-13H2,(H,21,23). The SMILES string of the molecule is O=C(CCSc1ccccc1)Nc1cc(Cl)ccc1N1CCOCC1. The number of ether oxygens (including phenoxy) is 1. The summed E-state index contributed by atoms with van der Waals surface area (Å²) in [6, 6.07) is 15.7. The summed E-state index contributed by atoms with van der Waals surface area (Å²) in [5.74, 6) is 0.740. The minimum Gasteiger partial charge on any atom is -0.378 e. The Kier molecular flexibility index (Phi) is 6.62. The highest BCUT2D eigenvalue weighted by atomic mass is 35.5. The molecule has 1 aliphatic heterocycles. The molecule has 25 heavy (non-hydrogen) atoms. The molecular weight excluding hydrogens is 356 g/mol. The molecule has 0 spiro atoms. The monoisotopic (exact) mass is 376 g/mol. The van der Waals surface area contributed by atoms with E-state index in [4.69, 9.17) is 16.3 Å². The Morgan fingerprint density at radius 3 is 2.68 bits per heavy atom. The topological polar surface area (TPSA) is 41.6 Å². The Morgan fingerprint density at radius 1 is 1.16 bits per heavy atom. The molecule has 0 saturated carbocycles. The van der Waals surface area contributed by atoms with E-state index in [2.05, 4.69) is 22.3 Å². The summed E-state index contributed by atoms with van der Waals surface area (Å²) in [6.07, 6.45) is 0.453. The maximum atomic E-state index is 12.3. The molecule has 1 N–H and O–H groups in total. The maximum absolute atomic E-state index is 12.3. The second-order valence-electron chi connectivity index (χ2n) is 5.72. The van der Waals surface area contributed by atoms with Crippen LogP contribution in [0, 0.1) is 0 Å². The lowest BCUT2D eigenvalue weighted by molar-refractivity contribution is -0.115. The minimum absolute atomic E-state index is 0.000192. The second kappa shape index (κ2) is 9.13. The summed E-state index contributed by atoms with van der Waals surface area (Å²) < 4.78 is 5.40. The number of rotatable bonds is 6. The van der Waals surface area contributed by atoms with Crippen LogP contribution in [-0.2, 0) is 9.53 Å². The van der Waals surface area contributed by atoms with Gasteiger partial charge in [0.1, 0.15) is 0 Å². The van der Waals surface area contributed by atoms with Crippen LogP contribution in [0.25, 0.3) is 0 Å². The van der Waals surface area contributed by atoms with Crippen LogP contribution in [0.3, 0.4) is 0 Å². The third-order valence-electron chi connectivity index (χ3n) is 3.93. The lowest BCUT2D eigenvalue weighted by atomic mass is 10.2. The molecule has 0 atom stereocenters. The van der Waals surface area contributed by atoms with E-state index in [9.17, 15) is 4.79 Å². The van der Waals surface area contributed by atoms with Gasteiger partial charge in [0.25, 0.3) is 0 Å². The van der Waals surface area contributed by atoms with E-state index in [0.717, 1.165) is 30.2 Å². The fourth-order valence-electron chi connectivity index (χ4n) is 2.68. The number of hydrogen-bond acceptors (Lipinski definition) is 4. The highest BCUT2D eigenvalue weighted by molar-refractivity contribution is 7.99. The predicted molar refractivity (Wildman–Crippen MR) is 105 cm³/mol. The van der Waals surface area contributed by atoms with Crippen molar-refractivity contribution >= 4 is 40.6 Å². The molecular formula is C19H21ClN2O2S. The summed E-state index contributed by atoms with van der Waals surface area (Å²) in [5.41, 5.74) is 1.76. The minimum atomic E-state index is 0.000192. The summed E-state index contributed by atoms with van der Waals surface area (Å²) in [7, 11) is 0. The molecule has 6 heteroatoms. The fourth-order valence-corrected chi connectivity index (χ4v) is 3.72. The van der Waals surface area contributed by atoms with Gasteiger partial charge >= 0.3 is 0 Å². The summed E-state index contributed by atoms with van der Waals surface area (Å²) in [5, 5.41) is 3.63. The van der Waals surface area contributed by atoms with Crippen LogP contribution in [0.4, 0.5) is 11.4 Å². The van der Waals surface area contributed by atoms with Gasteiger partial charge in [-0.15, -0.1) is 11.8 Å². The normalized spacial score (nSPS) is 14.4. The molecule has 2 aromatic carbocycles. The Bertz CT molecular complexity index is 706. The molecule has 1 heterocycles. The molecule has 0 unspecified atom stereocenters. The van der Waals surface area contributed by atoms with Crippen LogP contribution in [0.15, 0.2) is 53.4 Å². The van der Waals surface area contributed by atoms with Crippen LogP contribution >= 0.6 is 23.4 Å². The molecule has 0 radical (unpaired) electrons. The molecule has 1 amide bonds. The van der Waals surface area contributed by atoms with Crippen LogP contribution in [0.1, 0.15) is 6.42 Å². The zero-order valence-electron chi connectivity index (χ0n) is 13.9. The largest absolute Gasteiger partial charge is 0.378 e. The average Bonchev–Trinajstić information content (AvgIpc) is 2.63. The van der Waals surface area contributed by atoms with Crippen molar-refractivity contribution in [3.05, 3.63) is 53.6 Å². The molecule has 1 saturated heterocycles. The van der Waals surface area contributed by atoms with E-state index in [1.165, 1.54) is 4.90 Å². The number of nitrogens with one attached hydrogen (secondary N) is 1. The first-order valence-electron chi connectivity index (χ1n) is 8.32. The van der Waals surface area contributed by atoms with Gasteiger partial charge in [-0.25, -0.2) is 0 Å². The van der Waals surface area contributed by atoms with Crippen LogP contribution < -0.4 is 10.2 Å². The Labute approximate surface area is 157 Å². The molecule has 1 aliphatic rings. The van der Waals surface area contributed by atoms with Crippen molar-refractivity contribution in [2.75, 3.05) is 42.3 Å². The van der Waals surface area contributed by atoms with E-state index >= 15 is 0 Å². The predicted octanol–water partition coefficient (Wildman–Crippen LogP) is 4.30. The first-order valence-corrected chi connectivity index (χ1v) is 9.69. The van der Waals surface area contributed by atoms with Crippen molar-refractivity contribution in [3.63, 3.8) is 0 Å². The Hall–Kier alpha value is -1.69. The average molecular weight is 377 g/mol. The summed E-state index contributed by atoms with van der Waals surface area (Å²) in [6.45, 7) is 3.02. The van der Waals surface area contributed by atoms with E-state index in [-0.39, 0.29) is 5.91 Å². The molecule has 0 bridgehead atoms. The Morgan fingerprint density at radius 2 is 1.92 bits per heavy atom. The number of nitrogens with zero attached hydrogens (tertiary/aromatic N) is 1. The van der Waals surface area contributed by atoms with E-state index < -0.39 is 0 Å². The summed E-state index contributed by atoms with van der Waals surface area (Å²) >= 11 is 7.81. The number of anilines is 2.